The monoisotopic (exact) mass is 419 g/mol. The van der Waals surface area contributed by atoms with Crippen molar-refractivity contribution in [1.29, 1.82) is 0 Å². The lowest BCUT2D eigenvalue weighted by atomic mass is 10.1. The van der Waals surface area contributed by atoms with E-state index in [-0.39, 0.29) is 18.2 Å². The van der Waals surface area contributed by atoms with Crippen molar-refractivity contribution < 1.29 is 18.4 Å². The number of carbonyl (C=O) groups is 2. The first-order chi connectivity index (χ1) is 13.9. The molecule has 1 fully saturated rings. The normalized spacial score (nSPS) is 14.8. The number of anilines is 2. The number of amides is 1. The molecule has 154 valence electrons. The molecule has 1 saturated heterocycles. The summed E-state index contributed by atoms with van der Waals surface area (Å²) < 4.78 is 24.7. The molecule has 8 heteroatoms. The number of rotatable bonds is 7. The molecule has 0 aromatic heterocycles. The number of benzene rings is 2. The number of Topliss-reactive ketones (excluding diaryl/α,β-unsaturated/α-hetero) is 1. The maximum absolute atomic E-state index is 12.3. The number of nitrogens with one attached hydrogen (secondary N) is 1. The van der Waals surface area contributed by atoms with Crippen LogP contribution in [0.3, 0.4) is 0 Å². The van der Waals surface area contributed by atoms with E-state index < -0.39 is 5.76 Å². The van der Waals surface area contributed by atoms with Gasteiger partial charge in [0.2, 0.25) is 5.91 Å². The highest BCUT2D eigenvalue weighted by Gasteiger charge is 2.19. The zero-order chi connectivity index (χ0) is 20.8. The summed E-state index contributed by atoms with van der Waals surface area (Å²) in [5.41, 5.74) is 2.36. The van der Waals surface area contributed by atoms with E-state index in [0.29, 0.717) is 27.9 Å². The van der Waals surface area contributed by atoms with Crippen molar-refractivity contribution in [2.24, 2.45) is 0 Å². The molecule has 1 aliphatic rings. The molecular weight excluding hydrogens is 396 g/mol. The van der Waals surface area contributed by atoms with Crippen molar-refractivity contribution in [2.45, 2.75) is 17.6 Å². The molecule has 0 atom stereocenters. The van der Waals surface area contributed by atoms with Gasteiger partial charge in [0.05, 0.1) is 6.54 Å². The highest BCUT2D eigenvalue weighted by Crippen LogP contribution is 2.26. The Labute approximate surface area is 173 Å². The quantitative estimate of drug-likeness (QED) is 0.544. The van der Waals surface area contributed by atoms with Gasteiger partial charge in [0.1, 0.15) is 0 Å². The SMILES string of the molecule is CC(=O)c1ccc(N2CCN(CC(=O)Nc3ccc(SC(F)F)cc3)CC2)cc1. The largest absolute Gasteiger partial charge is 0.369 e. The van der Waals surface area contributed by atoms with E-state index in [1.807, 2.05) is 24.3 Å². The van der Waals surface area contributed by atoms with Gasteiger partial charge >= 0.3 is 0 Å². The smallest absolute Gasteiger partial charge is 0.288 e. The molecule has 0 aliphatic carbocycles. The average molecular weight is 419 g/mol. The van der Waals surface area contributed by atoms with Gasteiger partial charge in [-0.3, -0.25) is 14.5 Å². The zero-order valence-corrected chi connectivity index (χ0v) is 16.9. The molecule has 1 N–H and O–H groups in total. The summed E-state index contributed by atoms with van der Waals surface area (Å²) in [5, 5.41) is 2.81. The predicted molar refractivity (Wildman–Crippen MR) is 112 cm³/mol. The standard InChI is InChI=1S/C21H23F2N3O2S/c1-15(27)16-2-6-18(7-3-16)26-12-10-25(11-13-26)14-20(28)24-17-4-8-19(9-5-17)29-21(22)23/h2-9,21H,10-14H2,1H3,(H,24,28). The summed E-state index contributed by atoms with van der Waals surface area (Å²) in [6, 6.07) is 14.0. The lowest BCUT2D eigenvalue weighted by Crippen LogP contribution is -2.48. The Hall–Kier alpha value is -2.45. The lowest BCUT2D eigenvalue weighted by molar-refractivity contribution is -0.117. The molecule has 0 saturated carbocycles. The van der Waals surface area contributed by atoms with E-state index in [0.717, 1.165) is 31.9 Å². The summed E-state index contributed by atoms with van der Waals surface area (Å²) in [6.07, 6.45) is 0. The van der Waals surface area contributed by atoms with Gasteiger partial charge in [0, 0.05) is 48.0 Å². The molecule has 1 amide bonds. The van der Waals surface area contributed by atoms with Crippen LogP contribution in [0.1, 0.15) is 17.3 Å². The van der Waals surface area contributed by atoms with E-state index >= 15 is 0 Å². The molecule has 1 aliphatic heterocycles. The number of carbonyl (C=O) groups excluding carboxylic acids is 2. The summed E-state index contributed by atoms with van der Waals surface area (Å²) in [7, 11) is 0. The number of nitrogens with zero attached hydrogens (tertiary/aromatic N) is 2. The third-order valence-electron chi connectivity index (χ3n) is 4.74. The number of hydrogen-bond donors (Lipinski definition) is 1. The maximum Gasteiger partial charge on any atom is 0.288 e. The third-order valence-corrected chi connectivity index (χ3v) is 5.46. The Kier molecular flexibility index (Phi) is 7.22. The van der Waals surface area contributed by atoms with Crippen molar-refractivity contribution in [3.8, 4) is 0 Å². The Morgan fingerprint density at radius 1 is 1.00 bits per heavy atom. The van der Waals surface area contributed by atoms with Crippen LogP contribution >= 0.6 is 11.8 Å². The Bertz CT molecular complexity index is 836. The van der Waals surface area contributed by atoms with Crippen molar-refractivity contribution in [1.82, 2.24) is 4.90 Å². The van der Waals surface area contributed by atoms with Crippen molar-refractivity contribution in [3.63, 3.8) is 0 Å². The van der Waals surface area contributed by atoms with Gasteiger partial charge in [0.15, 0.2) is 5.78 Å². The van der Waals surface area contributed by atoms with E-state index in [1.54, 1.807) is 31.2 Å². The van der Waals surface area contributed by atoms with Crippen LogP contribution in [0.25, 0.3) is 0 Å². The average Bonchev–Trinajstić information content (AvgIpc) is 2.70. The second-order valence-electron chi connectivity index (χ2n) is 6.82. The summed E-state index contributed by atoms with van der Waals surface area (Å²) in [4.78, 5) is 28.4. The van der Waals surface area contributed by atoms with Crippen LogP contribution < -0.4 is 10.2 Å². The van der Waals surface area contributed by atoms with Crippen LogP contribution in [0.15, 0.2) is 53.4 Å². The van der Waals surface area contributed by atoms with Gasteiger partial charge in [-0.1, -0.05) is 11.8 Å². The van der Waals surface area contributed by atoms with Crippen LogP contribution in [0.5, 0.6) is 0 Å². The number of piperazine rings is 1. The molecule has 0 radical (unpaired) electrons. The molecule has 0 spiro atoms. The highest BCUT2D eigenvalue weighted by atomic mass is 32.2. The van der Waals surface area contributed by atoms with Gasteiger partial charge in [-0.2, -0.15) is 8.78 Å². The van der Waals surface area contributed by atoms with E-state index in [9.17, 15) is 18.4 Å². The fourth-order valence-corrected chi connectivity index (χ4v) is 3.69. The van der Waals surface area contributed by atoms with Crippen LogP contribution in [-0.2, 0) is 4.79 Å². The first-order valence-corrected chi connectivity index (χ1v) is 10.2. The van der Waals surface area contributed by atoms with Crippen LogP contribution in [0.2, 0.25) is 0 Å². The number of hydrogen-bond acceptors (Lipinski definition) is 5. The van der Waals surface area contributed by atoms with Crippen molar-refractivity contribution in [3.05, 3.63) is 54.1 Å². The van der Waals surface area contributed by atoms with E-state index in [4.69, 9.17) is 0 Å². The maximum atomic E-state index is 12.3. The van der Waals surface area contributed by atoms with Crippen LogP contribution in [-0.4, -0.2) is 55.1 Å². The summed E-state index contributed by atoms with van der Waals surface area (Å²) in [5.74, 6) is -2.53. The molecule has 29 heavy (non-hydrogen) atoms. The fourth-order valence-electron chi connectivity index (χ4n) is 3.19. The number of halogens is 2. The second-order valence-corrected chi connectivity index (χ2v) is 7.88. The molecular formula is C21H23F2N3O2S. The van der Waals surface area contributed by atoms with E-state index in [2.05, 4.69) is 15.1 Å². The Morgan fingerprint density at radius 2 is 1.62 bits per heavy atom. The molecule has 2 aromatic carbocycles. The third kappa shape index (κ3) is 6.27. The minimum atomic E-state index is -2.46. The van der Waals surface area contributed by atoms with Gasteiger partial charge in [-0.05, 0) is 55.5 Å². The van der Waals surface area contributed by atoms with Gasteiger partial charge in [0.25, 0.3) is 5.76 Å². The van der Waals surface area contributed by atoms with Gasteiger partial charge in [-0.25, -0.2) is 0 Å². The molecule has 1 heterocycles. The van der Waals surface area contributed by atoms with Gasteiger partial charge in [-0.15, -0.1) is 0 Å². The number of ketones is 1. The predicted octanol–water partition coefficient (Wildman–Crippen LogP) is 3.96. The summed E-state index contributed by atoms with van der Waals surface area (Å²) in [6.45, 7) is 4.94. The van der Waals surface area contributed by atoms with Crippen molar-refractivity contribution in [2.75, 3.05) is 42.9 Å². The first-order valence-electron chi connectivity index (χ1n) is 9.34. The Balaban J connectivity index is 1.45. The molecule has 2 aromatic rings. The molecule has 3 rings (SSSR count). The topological polar surface area (TPSA) is 52.7 Å². The zero-order valence-electron chi connectivity index (χ0n) is 16.1. The van der Waals surface area contributed by atoms with Crippen LogP contribution in [0, 0.1) is 0 Å². The summed E-state index contributed by atoms with van der Waals surface area (Å²) >= 11 is 0.479. The highest BCUT2D eigenvalue weighted by molar-refractivity contribution is 7.99. The van der Waals surface area contributed by atoms with Crippen molar-refractivity contribution >= 4 is 34.8 Å². The van der Waals surface area contributed by atoms with Crippen LogP contribution in [0.4, 0.5) is 20.2 Å². The van der Waals surface area contributed by atoms with Gasteiger partial charge < -0.3 is 10.2 Å². The second kappa shape index (κ2) is 9.84. The fraction of sp³-hybridized carbons (Fsp3) is 0.333. The lowest BCUT2D eigenvalue weighted by Gasteiger charge is -2.35. The number of thioether (sulfide) groups is 1. The minimum absolute atomic E-state index is 0.0507. The Morgan fingerprint density at radius 3 is 2.17 bits per heavy atom. The molecule has 5 nitrogen and oxygen atoms in total. The minimum Gasteiger partial charge on any atom is -0.369 e. The van der Waals surface area contributed by atoms with E-state index in [1.165, 1.54) is 0 Å². The first kappa shape index (κ1) is 21.3. The molecule has 0 bridgehead atoms. The number of alkyl halides is 2. The molecule has 0 unspecified atom stereocenters.